The molecule has 0 spiro atoms. The van der Waals surface area contributed by atoms with Crippen LogP contribution in [0.15, 0.2) is 48.5 Å². The van der Waals surface area contributed by atoms with E-state index in [1.165, 1.54) is 25.7 Å². The molecule has 41 heavy (non-hydrogen) atoms. The van der Waals surface area contributed by atoms with Gasteiger partial charge in [0.05, 0.1) is 0 Å². The SMILES string of the molecule is CCCN(CCC)C(=O)c1cccc(C(=O)N[C@@H](Cc2ccc(C)cc2)[C@@H](N)C[C@@H](C)C(=O)NCC2CCCC2)c1. The first kappa shape index (κ1) is 32.3. The van der Waals surface area contributed by atoms with E-state index in [9.17, 15) is 14.4 Å². The van der Waals surface area contributed by atoms with E-state index in [-0.39, 0.29) is 29.7 Å². The van der Waals surface area contributed by atoms with Gasteiger partial charge in [0, 0.05) is 48.8 Å². The summed E-state index contributed by atoms with van der Waals surface area (Å²) in [6.45, 7) is 10.1. The van der Waals surface area contributed by atoms with Crippen molar-refractivity contribution in [3.63, 3.8) is 0 Å². The molecular weight excluding hydrogens is 512 g/mol. The molecule has 1 fully saturated rings. The van der Waals surface area contributed by atoms with Gasteiger partial charge in [0.25, 0.3) is 11.8 Å². The molecule has 4 N–H and O–H groups in total. The lowest BCUT2D eigenvalue weighted by atomic mass is 9.91. The Morgan fingerprint density at radius 1 is 0.976 bits per heavy atom. The Bertz CT molecular complexity index is 1120. The van der Waals surface area contributed by atoms with Crippen molar-refractivity contribution >= 4 is 17.7 Å². The minimum Gasteiger partial charge on any atom is -0.356 e. The van der Waals surface area contributed by atoms with Gasteiger partial charge in [-0.15, -0.1) is 0 Å². The first-order valence-corrected chi connectivity index (χ1v) is 15.5. The highest BCUT2D eigenvalue weighted by Crippen LogP contribution is 2.24. The fourth-order valence-corrected chi connectivity index (χ4v) is 5.68. The van der Waals surface area contributed by atoms with E-state index in [1.54, 1.807) is 24.3 Å². The molecule has 0 aromatic heterocycles. The Labute approximate surface area is 246 Å². The first-order valence-electron chi connectivity index (χ1n) is 15.5. The van der Waals surface area contributed by atoms with Gasteiger partial charge in [0.2, 0.25) is 5.91 Å². The van der Waals surface area contributed by atoms with Crippen molar-refractivity contribution in [2.45, 2.75) is 91.1 Å². The van der Waals surface area contributed by atoms with Crippen molar-refractivity contribution in [2.24, 2.45) is 17.6 Å². The molecule has 0 heterocycles. The van der Waals surface area contributed by atoms with E-state index < -0.39 is 6.04 Å². The molecule has 0 saturated heterocycles. The van der Waals surface area contributed by atoms with Crippen LogP contribution in [0.5, 0.6) is 0 Å². The standard InChI is InChI=1S/C34H50N4O3/c1-5-18-38(19-6-2)34(41)29-13-9-12-28(22-29)33(40)37-31(21-26-16-14-24(3)15-17-26)30(35)20-25(4)32(39)36-23-27-10-7-8-11-27/h9,12-17,22,25,27,30-31H,5-8,10-11,18-21,23,35H2,1-4H3,(H,36,39)(H,37,40)/t25-,30+,31+/m1/s1. The lowest BCUT2D eigenvalue weighted by Crippen LogP contribution is -2.50. The van der Waals surface area contributed by atoms with Gasteiger partial charge in [-0.05, 0) is 75.1 Å². The third-order valence-corrected chi connectivity index (χ3v) is 8.17. The molecule has 2 aromatic carbocycles. The van der Waals surface area contributed by atoms with E-state index in [0.29, 0.717) is 43.0 Å². The van der Waals surface area contributed by atoms with Crippen molar-refractivity contribution < 1.29 is 14.4 Å². The Hall–Kier alpha value is -3.19. The molecule has 1 aliphatic carbocycles. The smallest absolute Gasteiger partial charge is 0.253 e. The Kier molecular flexibility index (Phi) is 12.9. The fraction of sp³-hybridized carbons (Fsp3) is 0.559. The molecule has 3 atom stereocenters. The summed E-state index contributed by atoms with van der Waals surface area (Å²) in [5, 5.41) is 6.26. The fourth-order valence-electron chi connectivity index (χ4n) is 5.68. The number of aryl methyl sites for hydroxylation is 1. The summed E-state index contributed by atoms with van der Waals surface area (Å²) in [7, 11) is 0. The molecule has 1 saturated carbocycles. The first-order chi connectivity index (χ1) is 19.7. The third-order valence-electron chi connectivity index (χ3n) is 8.17. The van der Waals surface area contributed by atoms with Crippen LogP contribution in [0.25, 0.3) is 0 Å². The molecule has 0 radical (unpaired) electrons. The molecule has 7 nitrogen and oxygen atoms in total. The molecule has 1 aliphatic rings. The highest BCUT2D eigenvalue weighted by Gasteiger charge is 2.27. The van der Waals surface area contributed by atoms with Gasteiger partial charge < -0.3 is 21.3 Å². The topological polar surface area (TPSA) is 105 Å². The van der Waals surface area contributed by atoms with Crippen LogP contribution in [-0.4, -0.2) is 54.3 Å². The largest absolute Gasteiger partial charge is 0.356 e. The molecule has 0 aliphatic heterocycles. The van der Waals surface area contributed by atoms with Gasteiger partial charge >= 0.3 is 0 Å². The van der Waals surface area contributed by atoms with Crippen molar-refractivity contribution in [2.75, 3.05) is 19.6 Å². The number of benzene rings is 2. The molecule has 0 unspecified atom stereocenters. The normalized spacial score (nSPS) is 15.6. The predicted octanol–water partition coefficient (Wildman–Crippen LogP) is 5.26. The molecule has 3 rings (SSSR count). The monoisotopic (exact) mass is 562 g/mol. The number of rotatable bonds is 15. The molecule has 2 aromatic rings. The second-order valence-electron chi connectivity index (χ2n) is 11.8. The summed E-state index contributed by atoms with van der Waals surface area (Å²) in [5.74, 6) is -0.0144. The zero-order valence-corrected chi connectivity index (χ0v) is 25.5. The maximum atomic E-state index is 13.5. The Morgan fingerprint density at radius 3 is 2.24 bits per heavy atom. The van der Waals surface area contributed by atoms with Crippen LogP contribution in [0.3, 0.4) is 0 Å². The number of hydrogen-bond acceptors (Lipinski definition) is 4. The van der Waals surface area contributed by atoms with Gasteiger partial charge in [-0.25, -0.2) is 0 Å². The molecular formula is C34H50N4O3. The number of amides is 3. The Balaban J connectivity index is 1.72. The summed E-state index contributed by atoms with van der Waals surface area (Å²) in [5.41, 5.74) is 9.86. The maximum Gasteiger partial charge on any atom is 0.253 e. The van der Waals surface area contributed by atoms with Crippen LogP contribution in [0.4, 0.5) is 0 Å². The van der Waals surface area contributed by atoms with E-state index in [1.807, 2.05) is 43.0 Å². The van der Waals surface area contributed by atoms with E-state index in [2.05, 4.69) is 24.5 Å². The highest BCUT2D eigenvalue weighted by atomic mass is 16.2. The van der Waals surface area contributed by atoms with Crippen molar-refractivity contribution in [3.05, 3.63) is 70.8 Å². The maximum absolute atomic E-state index is 13.5. The average molecular weight is 563 g/mol. The number of nitrogens with one attached hydrogen (secondary N) is 2. The van der Waals surface area contributed by atoms with Crippen LogP contribution in [0.1, 0.15) is 97.6 Å². The van der Waals surface area contributed by atoms with E-state index >= 15 is 0 Å². The predicted molar refractivity (Wildman–Crippen MR) is 166 cm³/mol. The molecule has 224 valence electrons. The van der Waals surface area contributed by atoms with Crippen molar-refractivity contribution in [3.8, 4) is 0 Å². The number of nitrogens with two attached hydrogens (primary N) is 1. The van der Waals surface area contributed by atoms with Gasteiger partial charge in [-0.2, -0.15) is 0 Å². The summed E-state index contributed by atoms with van der Waals surface area (Å²) < 4.78 is 0. The lowest BCUT2D eigenvalue weighted by molar-refractivity contribution is -0.125. The lowest BCUT2D eigenvalue weighted by Gasteiger charge is -2.28. The number of nitrogens with zero attached hydrogens (tertiary/aromatic N) is 1. The van der Waals surface area contributed by atoms with Gasteiger partial charge in [0.1, 0.15) is 0 Å². The van der Waals surface area contributed by atoms with Crippen molar-refractivity contribution in [1.82, 2.24) is 15.5 Å². The van der Waals surface area contributed by atoms with E-state index in [0.717, 1.165) is 30.5 Å². The van der Waals surface area contributed by atoms with Crippen LogP contribution >= 0.6 is 0 Å². The van der Waals surface area contributed by atoms with Crippen LogP contribution in [-0.2, 0) is 11.2 Å². The zero-order valence-electron chi connectivity index (χ0n) is 25.5. The van der Waals surface area contributed by atoms with Crippen LogP contribution in [0, 0.1) is 18.8 Å². The highest BCUT2D eigenvalue weighted by molar-refractivity contribution is 5.99. The summed E-state index contributed by atoms with van der Waals surface area (Å²) in [6.07, 6.45) is 7.60. The summed E-state index contributed by atoms with van der Waals surface area (Å²) >= 11 is 0. The summed E-state index contributed by atoms with van der Waals surface area (Å²) in [4.78, 5) is 41.4. The van der Waals surface area contributed by atoms with E-state index in [4.69, 9.17) is 5.73 Å². The van der Waals surface area contributed by atoms with Gasteiger partial charge in [-0.1, -0.05) is 69.5 Å². The van der Waals surface area contributed by atoms with Crippen LogP contribution in [0.2, 0.25) is 0 Å². The van der Waals surface area contributed by atoms with Gasteiger partial charge in [0.15, 0.2) is 0 Å². The average Bonchev–Trinajstić information content (AvgIpc) is 3.50. The molecule has 3 amide bonds. The second kappa shape index (κ2) is 16.3. The molecule has 0 bridgehead atoms. The summed E-state index contributed by atoms with van der Waals surface area (Å²) in [6, 6.07) is 14.3. The number of carbonyl (C=O) groups is 3. The second-order valence-corrected chi connectivity index (χ2v) is 11.8. The quantitative estimate of drug-likeness (QED) is 0.275. The van der Waals surface area contributed by atoms with Gasteiger partial charge in [-0.3, -0.25) is 14.4 Å². The van der Waals surface area contributed by atoms with Crippen molar-refractivity contribution in [1.29, 1.82) is 0 Å². The Morgan fingerprint density at radius 2 is 1.61 bits per heavy atom. The third kappa shape index (κ3) is 9.99. The molecule has 7 heteroatoms. The minimum atomic E-state index is -0.429. The minimum absolute atomic E-state index is 0.0164. The number of carbonyl (C=O) groups excluding carboxylic acids is 3. The van der Waals surface area contributed by atoms with Crippen LogP contribution < -0.4 is 16.4 Å². The zero-order chi connectivity index (χ0) is 29.8. The number of hydrogen-bond donors (Lipinski definition) is 3.